The van der Waals surface area contributed by atoms with Crippen molar-refractivity contribution >= 4 is 7.29 Å². The van der Waals surface area contributed by atoms with Gasteiger partial charge in [0.25, 0.3) is 0 Å². The average Bonchev–Trinajstić information content (AvgIpc) is 2.88. The summed E-state index contributed by atoms with van der Waals surface area (Å²) in [6, 6.07) is 20.7. The Kier molecular flexibility index (Phi) is 4.01. The van der Waals surface area contributed by atoms with Gasteiger partial charge in [-0.05, 0) is 38.1 Å². The molecule has 0 bridgehead atoms. The molecule has 110 valence electrons. The van der Waals surface area contributed by atoms with Gasteiger partial charge >= 0.3 is 0 Å². The molecular formula is C18H22NOP. The Morgan fingerprint density at radius 1 is 0.810 bits per heavy atom. The molecule has 0 N–H and O–H groups in total. The molecule has 0 radical (unpaired) electrons. The molecular weight excluding hydrogens is 277 g/mol. The van der Waals surface area contributed by atoms with Gasteiger partial charge in [-0.3, -0.25) is 4.67 Å². The van der Waals surface area contributed by atoms with Crippen LogP contribution in [0.5, 0.6) is 0 Å². The first-order chi connectivity index (χ1) is 10.1. The SMILES string of the molecule is CN(C)P1(=O)[C@@H](c2ccccc2)CC[C@@H]1c1ccccc1. The van der Waals surface area contributed by atoms with Gasteiger partial charge in [-0.1, -0.05) is 60.7 Å². The molecule has 0 saturated carbocycles. The van der Waals surface area contributed by atoms with Gasteiger partial charge in [0.15, 0.2) is 7.29 Å². The van der Waals surface area contributed by atoms with Crippen molar-refractivity contribution in [3.63, 3.8) is 0 Å². The Labute approximate surface area is 127 Å². The predicted molar refractivity (Wildman–Crippen MR) is 88.9 cm³/mol. The van der Waals surface area contributed by atoms with Crippen LogP contribution in [0.2, 0.25) is 0 Å². The molecule has 2 nitrogen and oxygen atoms in total. The third-order valence-electron chi connectivity index (χ3n) is 4.60. The summed E-state index contributed by atoms with van der Waals surface area (Å²) >= 11 is 0. The summed E-state index contributed by atoms with van der Waals surface area (Å²) in [4.78, 5) is 0. The Bertz CT molecular complexity index is 587. The largest absolute Gasteiger partial charge is 0.305 e. The molecule has 3 heteroatoms. The lowest BCUT2D eigenvalue weighted by Gasteiger charge is -2.32. The third kappa shape index (κ3) is 2.47. The number of hydrogen-bond acceptors (Lipinski definition) is 1. The van der Waals surface area contributed by atoms with Crippen LogP contribution in [0, 0.1) is 0 Å². The molecule has 2 atom stereocenters. The van der Waals surface area contributed by atoms with Gasteiger partial charge in [-0.15, -0.1) is 0 Å². The van der Waals surface area contributed by atoms with Crippen LogP contribution >= 0.6 is 7.29 Å². The zero-order valence-corrected chi connectivity index (χ0v) is 13.5. The van der Waals surface area contributed by atoms with Crippen molar-refractivity contribution in [3.8, 4) is 0 Å². The number of hydrogen-bond donors (Lipinski definition) is 0. The van der Waals surface area contributed by atoms with Crippen molar-refractivity contribution < 1.29 is 4.57 Å². The van der Waals surface area contributed by atoms with E-state index in [1.54, 1.807) is 0 Å². The van der Waals surface area contributed by atoms with E-state index in [4.69, 9.17) is 0 Å². The van der Waals surface area contributed by atoms with Crippen LogP contribution in [0.3, 0.4) is 0 Å². The standard InChI is InChI=1S/C18H22NOP/c1-19(2)21(20)17(15-9-5-3-6-10-15)13-14-18(21)16-11-7-4-8-12-16/h3-12,17-18H,13-14H2,1-2H3/t17-,18-/m1/s1. The minimum Gasteiger partial charge on any atom is -0.305 e. The minimum absolute atomic E-state index is 0.152. The monoisotopic (exact) mass is 299 g/mol. The van der Waals surface area contributed by atoms with Gasteiger partial charge in [0, 0.05) is 0 Å². The van der Waals surface area contributed by atoms with Gasteiger partial charge in [-0.2, -0.15) is 0 Å². The zero-order chi connectivity index (χ0) is 14.9. The van der Waals surface area contributed by atoms with Crippen molar-refractivity contribution in [2.24, 2.45) is 0 Å². The average molecular weight is 299 g/mol. The van der Waals surface area contributed by atoms with Crippen LogP contribution in [-0.4, -0.2) is 18.8 Å². The summed E-state index contributed by atoms with van der Waals surface area (Å²) in [7, 11) is 1.47. The molecule has 1 saturated heterocycles. The molecule has 0 amide bonds. The van der Waals surface area contributed by atoms with Gasteiger partial charge in [0.1, 0.15) is 0 Å². The van der Waals surface area contributed by atoms with Crippen LogP contribution in [0.1, 0.15) is 35.3 Å². The van der Waals surface area contributed by atoms with Crippen molar-refractivity contribution in [2.75, 3.05) is 14.1 Å². The van der Waals surface area contributed by atoms with Crippen molar-refractivity contribution in [3.05, 3.63) is 71.8 Å². The van der Waals surface area contributed by atoms with E-state index in [1.807, 2.05) is 55.2 Å². The van der Waals surface area contributed by atoms with E-state index in [0.717, 1.165) is 12.8 Å². The molecule has 0 unspecified atom stereocenters. The maximum atomic E-state index is 13.9. The second kappa shape index (κ2) is 5.79. The Balaban J connectivity index is 2.04. The van der Waals surface area contributed by atoms with E-state index in [-0.39, 0.29) is 11.3 Å². The second-order valence-electron chi connectivity index (χ2n) is 5.95. The summed E-state index contributed by atoms with van der Waals surface area (Å²) in [5.74, 6) is 0. The number of nitrogens with zero attached hydrogens (tertiary/aromatic N) is 1. The summed E-state index contributed by atoms with van der Waals surface area (Å²) in [6.45, 7) is 0. The highest BCUT2D eigenvalue weighted by Gasteiger charge is 2.48. The Morgan fingerprint density at radius 2 is 1.19 bits per heavy atom. The maximum absolute atomic E-state index is 13.9. The summed E-state index contributed by atoms with van der Waals surface area (Å²) in [5, 5.41) is 0. The van der Waals surface area contributed by atoms with Crippen molar-refractivity contribution in [1.29, 1.82) is 0 Å². The molecule has 2 aromatic carbocycles. The lowest BCUT2D eigenvalue weighted by atomic mass is 10.0. The third-order valence-corrected chi connectivity index (χ3v) is 8.75. The molecule has 1 aliphatic rings. The molecule has 1 aliphatic heterocycles. The first-order valence-corrected chi connectivity index (χ1v) is 9.31. The van der Waals surface area contributed by atoms with Crippen molar-refractivity contribution in [1.82, 2.24) is 4.67 Å². The van der Waals surface area contributed by atoms with Crippen LogP contribution < -0.4 is 0 Å². The minimum atomic E-state index is -2.47. The summed E-state index contributed by atoms with van der Waals surface area (Å²) in [6.07, 6.45) is 2.00. The van der Waals surface area contributed by atoms with Gasteiger partial charge in [0.05, 0.1) is 11.3 Å². The molecule has 1 heterocycles. The van der Waals surface area contributed by atoms with E-state index < -0.39 is 7.29 Å². The number of rotatable bonds is 3. The molecule has 0 spiro atoms. The lowest BCUT2D eigenvalue weighted by Crippen LogP contribution is -2.14. The van der Waals surface area contributed by atoms with Crippen LogP contribution in [0.25, 0.3) is 0 Å². The fraction of sp³-hybridized carbons (Fsp3) is 0.333. The fourth-order valence-corrected chi connectivity index (χ4v) is 7.36. The predicted octanol–water partition coefficient (Wildman–Crippen LogP) is 5.10. The summed E-state index contributed by atoms with van der Waals surface area (Å²) < 4.78 is 15.9. The molecule has 3 rings (SSSR count). The molecule has 0 aliphatic carbocycles. The van der Waals surface area contributed by atoms with Crippen LogP contribution in [0.4, 0.5) is 0 Å². The molecule has 21 heavy (non-hydrogen) atoms. The molecule has 1 fully saturated rings. The normalized spacial score (nSPS) is 24.3. The van der Waals surface area contributed by atoms with E-state index in [0.29, 0.717) is 0 Å². The van der Waals surface area contributed by atoms with Crippen LogP contribution in [0.15, 0.2) is 60.7 Å². The molecule has 2 aromatic rings. The van der Waals surface area contributed by atoms with E-state index >= 15 is 0 Å². The highest BCUT2D eigenvalue weighted by molar-refractivity contribution is 7.62. The smallest absolute Gasteiger partial charge is 0.164 e. The topological polar surface area (TPSA) is 20.3 Å². The van der Waals surface area contributed by atoms with Crippen LogP contribution in [-0.2, 0) is 4.57 Å². The highest BCUT2D eigenvalue weighted by Crippen LogP contribution is 2.77. The van der Waals surface area contributed by atoms with E-state index in [1.165, 1.54) is 11.1 Å². The lowest BCUT2D eigenvalue weighted by molar-refractivity contribution is 0.502. The van der Waals surface area contributed by atoms with Gasteiger partial charge in [0.2, 0.25) is 0 Å². The van der Waals surface area contributed by atoms with E-state index in [9.17, 15) is 4.57 Å². The Morgan fingerprint density at radius 3 is 1.52 bits per heavy atom. The fourth-order valence-electron chi connectivity index (χ4n) is 3.57. The van der Waals surface area contributed by atoms with Gasteiger partial charge in [-0.25, -0.2) is 0 Å². The highest BCUT2D eigenvalue weighted by atomic mass is 31.2. The summed E-state index contributed by atoms with van der Waals surface area (Å²) in [5.41, 5.74) is 2.73. The first kappa shape index (κ1) is 14.6. The quantitative estimate of drug-likeness (QED) is 0.735. The first-order valence-electron chi connectivity index (χ1n) is 7.51. The molecule has 0 aromatic heterocycles. The maximum Gasteiger partial charge on any atom is 0.164 e. The zero-order valence-electron chi connectivity index (χ0n) is 12.6. The Hall–Kier alpha value is -1.37. The van der Waals surface area contributed by atoms with Crippen molar-refractivity contribution in [2.45, 2.75) is 24.2 Å². The number of benzene rings is 2. The second-order valence-corrected chi connectivity index (χ2v) is 9.34. The van der Waals surface area contributed by atoms with Gasteiger partial charge < -0.3 is 4.57 Å². The van der Waals surface area contributed by atoms with E-state index in [2.05, 4.69) is 24.3 Å².